The Morgan fingerprint density at radius 3 is 2.83 bits per heavy atom. The Morgan fingerprint density at radius 2 is 2.11 bits per heavy atom. The summed E-state index contributed by atoms with van der Waals surface area (Å²) >= 11 is 1.91. The molecule has 1 aromatic rings. The predicted octanol–water partition coefficient (Wildman–Crippen LogP) is 2.17. The van der Waals surface area contributed by atoms with Gasteiger partial charge in [0.25, 0.3) is 0 Å². The van der Waals surface area contributed by atoms with Crippen molar-refractivity contribution in [2.45, 2.75) is 38.8 Å². The van der Waals surface area contributed by atoms with Crippen LogP contribution in [0.2, 0.25) is 0 Å². The molecule has 3 nitrogen and oxygen atoms in total. The molecule has 2 heterocycles. The van der Waals surface area contributed by atoms with Crippen molar-refractivity contribution in [3.63, 3.8) is 0 Å². The number of ether oxygens (including phenoxy) is 1. The van der Waals surface area contributed by atoms with Crippen LogP contribution in [0.25, 0.3) is 0 Å². The maximum absolute atomic E-state index is 5.85. The van der Waals surface area contributed by atoms with Gasteiger partial charge in [-0.05, 0) is 44.5 Å². The van der Waals surface area contributed by atoms with Crippen LogP contribution in [0, 0.1) is 0 Å². The fraction of sp³-hybridized carbons (Fsp3) is 0.714. The fourth-order valence-corrected chi connectivity index (χ4v) is 3.11. The average molecular weight is 268 g/mol. The van der Waals surface area contributed by atoms with E-state index in [2.05, 4.69) is 29.7 Å². The Kier molecular flexibility index (Phi) is 6.14. The van der Waals surface area contributed by atoms with Crippen LogP contribution in [0.15, 0.2) is 12.1 Å². The molecule has 0 aliphatic carbocycles. The first kappa shape index (κ1) is 14.0. The number of piperidine rings is 1. The molecule has 0 saturated carbocycles. The van der Waals surface area contributed by atoms with E-state index >= 15 is 0 Å². The molecule has 2 rings (SSSR count). The van der Waals surface area contributed by atoms with Crippen LogP contribution in [0.5, 0.6) is 0 Å². The zero-order chi connectivity index (χ0) is 12.6. The van der Waals surface area contributed by atoms with Crippen LogP contribution in [-0.4, -0.2) is 32.3 Å². The number of rotatable bonds is 7. The highest BCUT2D eigenvalue weighted by Crippen LogP contribution is 2.16. The zero-order valence-electron chi connectivity index (χ0n) is 11.2. The molecule has 1 aromatic heterocycles. The Bertz CT molecular complexity index is 334. The number of nitrogens with one attached hydrogen (secondary N) is 2. The van der Waals surface area contributed by atoms with Crippen LogP contribution < -0.4 is 10.6 Å². The van der Waals surface area contributed by atoms with Crippen LogP contribution in [-0.2, 0) is 17.7 Å². The van der Waals surface area contributed by atoms with Gasteiger partial charge in [-0.1, -0.05) is 6.92 Å². The molecule has 0 amide bonds. The van der Waals surface area contributed by atoms with E-state index < -0.39 is 0 Å². The Balaban J connectivity index is 1.52. The van der Waals surface area contributed by atoms with Crippen molar-refractivity contribution in [3.05, 3.63) is 21.9 Å². The molecule has 1 aliphatic rings. The molecule has 102 valence electrons. The summed E-state index contributed by atoms with van der Waals surface area (Å²) < 4.78 is 5.85. The average Bonchev–Trinajstić information content (AvgIpc) is 2.87. The van der Waals surface area contributed by atoms with Gasteiger partial charge >= 0.3 is 0 Å². The van der Waals surface area contributed by atoms with Crippen molar-refractivity contribution in [1.29, 1.82) is 0 Å². The van der Waals surface area contributed by atoms with Crippen molar-refractivity contribution < 1.29 is 4.74 Å². The SMILES string of the molecule is CCc1ccc(CNCCOC2CCNCC2)s1. The second kappa shape index (κ2) is 7.89. The van der Waals surface area contributed by atoms with E-state index in [0.717, 1.165) is 52.0 Å². The summed E-state index contributed by atoms with van der Waals surface area (Å²) in [5, 5.41) is 6.80. The number of hydrogen-bond acceptors (Lipinski definition) is 4. The summed E-state index contributed by atoms with van der Waals surface area (Å²) in [6, 6.07) is 4.46. The summed E-state index contributed by atoms with van der Waals surface area (Å²) in [7, 11) is 0. The molecule has 1 fully saturated rings. The molecule has 4 heteroatoms. The molecule has 1 aliphatic heterocycles. The normalized spacial score (nSPS) is 17.2. The standard InChI is InChI=1S/C14H24N2OS/c1-2-13-3-4-14(18-13)11-16-9-10-17-12-5-7-15-8-6-12/h3-4,12,15-16H,2,5-11H2,1H3. The smallest absolute Gasteiger partial charge is 0.0600 e. The van der Waals surface area contributed by atoms with E-state index in [-0.39, 0.29) is 0 Å². The van der Waals surface area contributed by atoms with Gasteiger partial charge in [0.05, 0.1) is 12.7 Å². The minimum Gasteiger partial charge on any atom is -0.377 e. The molecule has 18 heavy (non-hydrogen) atoms. The van der Waals surface area contributed by atoms with Crippen LogP contribution >= 0.6 is 11.3 Å². The summed E-state index contributed by atoms with van der Waals surface area (Å²) in [6.07, 6.45) is 3.93. The van der Waals surface area contributed by atoms with Gasteiger partial charge in [0.15, 0.2) is 0 Å². The first-order chi connectivity index (χ1) is 8.88. The minimum absolute atomic E-state index is 0.474. The lowest BCUT2D eigenvalue weighted by molar-refractivity contribution is 0.0348. The van der Waals surface area contributed by atoms with Crippen molar-refractivity contribution in [2.75, 3.05) is 26.2 Å². The Morgan fingerprint density at radius 1 is 1.33 bits per heavy atom. The fourth-order valence-electron chi connectivity index (χ4n) is 2.18. The molecule has 0 atom stereocenters. The van der Waals surface area contributed by atoms with E-state index in [1.165, 1.54) is 9.75 Å². The third kappa shape index (κ3) is 4.69. The highest BCUT2D eigenvalue weighted by molar-refractivity contribution is 7.11. The van der Waals surface area contributed by atoms with Crippen molar-refractivity contribution in [1.82, 2.24) is 10.6 Å². The van der Waals surface area contributed by atoms with E-state index in [0.29, 0.717) is 6.10 Å². The summed E-state index contributed by atoms with van der Waals surface area (Å²) in [5.74, 6) is 0. The number of thiophene rings is 1. The van der Waals surface area contributed by atoms with Crippen molar-refractivity contribution >= 4 is 11.3 Å². The molecule has 1 saturated heterocycles. The van der Waals surface area contributed by atoms with Crippen molar-refractivity contribution in [3.8, 4) is 0 Å². The van der Waals surface area contributed by atoms with Crippen LogP contribution in [0.1, 0.15) is 29.5 Å². The molecule has 0 bridgehead atoms. The summed E-state index contributed by atoms with van der Waals surface area (Å²) in [4.78, 5) is 2.89. The number of aryl methyl sites for hydroxylation is 1. The van der Waals surface area contributed by atoms with Gasteiger partial charge < -0.3 is 15.4 Å². The third-order valence-electron chi connectivity index (χ3n) is 3.28. The van der Waals surface area contributed by atoms with Gasteiger partial charge in [-0.25, -0.2) is 0 Å². The topological polar surface area (TPSA) is 33.3 Å². The van der Waals surface area contributed by atoms with E-state index in [1.54, 1.807) is 0 Å². The highest BCUT2D eigenvalue weighted by Gasteiger charge is 2.12. The molecule has 0 unspecified atom stereocenters. The molecule has 0 radical (unpaired) electrons. The van der Waals surface area contributed by atoms with E-state index in [4.69, 9.17) is 4.74 Å². The van der Waals surface area contributed by atoms with Gasteiger partial charge in [0, 0.05) is 22.8 Å². The van der Waals surface area contributed by atoms with Gasteiger partial charge in [-0.15, -0.1) is 11.3 Å². The lowest BCUT2D eigenvalue weighted by Gasteiger charge is -2.22. The third-order valence-corrected chi connectivity index (χ3v) is 4.51. The number of hydrogen-bond donors (Lipinski definition) is 2. The summed E-state index contributed by atoms with van der Waals surface area (Å²) in [6.45, 7) is 7.16. The highest BCUT2D eigenvalue weighted by atomic mass is 32.1. The predicted molar refractivity (Wildman–Crippen MR) is 77.2 cm³/mol. The lowest BCUT2D eigenvalue weighted by atomic mass is 10.1. The van der Waals surface area contributed by atoms with Crippen molar-refractivity contribution in [2.24, 2.45) is 0 Å². The van der Waals surface area contributed by atoms with Gasteiger partial charge in [0.2, 0.25) is 0 Å². The van der Waals surface area contributed by atoms with Gasteiger partial charge in [0.1, 0.15) is 0 Å². The quantitative estimate of drug-likeness (QED) is 0.744. The molecule has 0 spiro atoms. The Labute approximate surface area is 114 Å². The van der Waals surface area contributed by atoms with Crippen LogP contribution in [0.3, 0.4) is 0 Å². The largest absolute Gasteiger partial charge is 0.377 e. The lowest BCUT2D eigenvalue weighted by Crippen LogP contribution is -2.33. The molecular weight excluding hydrogens is 244 g/mol. The second-order valence-electron chi connectivity index (χ2n) is 4.72. The maximum atomic E-state index is 5.85. The first-order valence-corrected chi connectivity index (χ1v) is 7.80. The molecular formula is C14H24N2OS. The minimum atomic E-state index is 0.474. The van der Waals surface area contributed by atoms with Gasteiger partial charge in [-0.3, -0.25) is 0 Å². The zero-order valence-corrected chi connectivity index (χ0v) is 12.0. The maximum Gasteiger partial charge on any atom is 0.0600 e. The first-order valence-electron chi connectivity index (χ1n) is 6.99. The van der Waals surface area contributed by atoms with E-state index in [1.807, 2.05) is 11.3 Å². The van der Waals surface area contributed by atoms with E-state index in [9.17, 15) is 0 Å². The molecule has 2 N–H and O–H groups in total. The second-order valence-corrected chi connectivity index (χ2v) is 5.97. The Hall–Kier alpha value is -0.420. The van der Waals surface area contributed by atoms with Gasteiger partial charge in [-0.2, -0.15) is 0 Å². The van der Waals surface area contributed by atoms with Crippen LogP contribution in [0.4, 0.5) is 0 Å². The monoisotopic (exact) mass is 268 g/mol. The molecule has 0 aromatic carbocycles. The summed E-state index contributed by atoms with van der Waals surface area (Å²) in [5.41, 5.74) is 0.